The Hall–Kier alpha value is -0.0800. The van der Waals surface area contributed by atoms with Gasteiger partial charge in [-0.25, -0.2) is 0 Å². The molecule has 0 atom stereocenters. The molecule has 16 heavy (non-hydrogen) atoms. The van der Waals surface area contributed by atoms with Crippen LogP contribution >= 0.6 is 0 Å². The van der Waals surface area contributed by atoms with Crippen molar-refractivity contribution in [3.05, 3.63) is 0 Å². The maximum absolute atomic E-state index is 5.99. The van der Waals surface area contributed by atoms with Gasteiger partial charge < -0.3 is 10.6 Å². The quantitative estimate of drug-likeness (QED) is 0.754. The summed E-state index contributed by atoms with van der Waals surface area (Å²) in [7, 11) is 0. The fourth-order valence-corrected chi connectivity index (χ4v) is 2.67. The molecule has 0 aromatic carbocycles. The molecule has 0 bridgehead atoms. The third-order valence-corrected chi connectivity index (χ3v) is 3.70. The van der Waals surface area contributed by atoms with Crippen LogP contribution in [-0.4, -0.2) is 30.1 Å². The number of nitrogens with two attached hydrogens (primary N) is 1. The van der Waals surface area contributed by atoms with Crippen LogP contribution in [0.5, 0.6) is 0 Å². The molecule has 0 saturated carbocycles. The fraction of sp³-hybridized carbons (Fsp3) is 1.00. The number of nitrogens with zero attached hydrogens (tertiary/aromatic N) is 1. The lowest BCUT2D eigenvalue weighted by Crippen LogP contribution is -2.37. The Morgan fingerprint density at radius 1 is 1.25 bits per heavy atom. The van der Waals surface area contributed by atoms with Gasteiger partial charge in [-0.1, -0.05) is 19.8 Å². The van der Waals surface area contributed by atoms with Crippen LogP contribution < -0.4 is 5.73 Å². The molecule has 1 saturated heterocycles. The second-order valence-electron chi connectivity index (χ2n) is 6.17. The van der Waals surface area contributed by atoms with E-state index in [2.05, 4.69) is 25.7 Å². The Balaban J connectivity index is 2.08. The first kappa shape index (κ1) is 14.0. The number of hydrogen-bond acceptors (Lipinski definition) is 2. The number of hydrogen-bond donors (Lipinski definition) is 1. The maximum Gasteiger partial charge on any atom is 0.00975 e. The molecular formula is C14H30N2. The van der Waals surface area contributed by atoms with Gasteiger partial charge in [0, 0.05) is 5.54 Å². The Morgan fingerprint density at radius 2 is 1.88 bits per heavy atom. The van der Waals surface area contributed by atoms with E-state index < -0.39 is 0 Å². The third kappa shape index (κ3) is 5.86. The molecule has 0 spiro atoms. The zero-order valence-corrected chi connectivity index (χ0v) is 11.5. The summed E-state index contributed by atoms with van der Waals surface area (Å²) in [6.45, 7) is 10.4. The summed E-state index contributed by atoms with van der Waals surface area (Å²) in [6, 6.07) is 0. The molecule has 1 fully saturated rings. The average molecular weight is 226 g/mol. The minimum absolute atomic E-state index is 0.0144. The summed E-state index contributed by atoms with van der Waals surface area (Å²) in [5, 5.41) is 0. The Labute approximate surface area is 102 Å². The van der Waals surface area contributed by atoms with E-state index in [1.54, 1.807) is 0 Å². The molecular weight excluding hydrogens is 196 g/mol. The van der Waals surface area contributed by atoms with Crippen molar-refractivity contribution >= 4 is 0 Å². The van der Waals surface area contributed by atoms with Crippen molar-refractivity contribution in [2.45, 2.75) is 64.8 Å². The van der Waals surface area contributed by atoms with Crippen LogP contribution in [0.15, 0.2) is 0 Å². The maximum atomic E-state index is 5.99. The SMILES string of the molecule is CCCC1CCN(CCCC(C)(C)N)CC1. The van der Waals surface area contributed by atoms with Crippen molar-refractivity contribution in [1.29, 1.82) is 0 Å². The van der Waals surface area contributed by atoms with Crippen molar-refractivity contribution in [3.63, 3.8) is 0 Å². The molecule has 0 radical (unpaired) electrons. The van der Waals surface area contributed by atoms with Gasteiger partial charge in [0.05, 0.1) is 0 Å². The smallest absolute Gasteiger partial charge is 0.00975 e. The standard InChI is InChI=1S/C14H30N2/c1-4-6-13-7-11-16(12-8-13)10-5-9-14(2,3)15/h13H,4-12,15H2,1-3H3. The van der Waals surface area contributed by atoms with Gasteiger partial charge in [0.1, 0.15) is 0 Å². The largest absolute Gasteiger partial charge is 0.326 e. The molecule has 0 unspecified atom stereocenters. The summed E-state index contributed by atoms with van der Waals surface area (Å²) in [4.78, 5) is 2.62. The van der Waals surface area contributed by atoms with Crippen LogP contribution in [0.1, 0.15) is 59.3 Å². The van der Waals surface area contributed by atoms with Gasteiger partial charge >= 0.3 is 0 Å². The van der Waals surface area contributed by atoms with E-state index in [0.29, 0.717) is 0 Å². The molecule has 0 aromatic heterocycles. The van der Waals surface area contributed by atoms with E-state index in [1.165, 1.54) is 51.7 Å². The van der Waals surface area contributed by atoms with E-state index in [4.69, 9.17) is 5.73 Å². The molecule has 2 N–H and O–H groups in total. The number of likely N-dealkylation sites (tertiary alicyclic amines) is 1. The van der Waals surface area contributed by atoms with E-state index in [1.807, 2.05) is 0 Å². The monoisotopic (exact) mass is 226 g/mol. The highest BCUT2D eigenvalue weighted by atomic mass is 15.1. The predicted molar refractivity (Wildman–Crippen MR) is 71.6 cm³/mol. The summed E-state index contributed by atoms with van der Waals surface area (Å²) >= 11 is 0. The van der Waals surface area contributed by atoms with Gasteiger partial charge in [0.2, 0.25) is 0 Å². The summed E-state index contributed by atoms with van der Waals surface area (Å²) in [5.41, 5.74) is 6.01. The number of piperidine rings is 1. The van der Waals surface area contributed by atoms with Crippen LogP contribution in [0.25, 0.3) is 0 Å². The van der Waals surface area contributed by atoms with Gasteiger partial charge in [-0.15, -0.1) is 0 Å². The molecule has 1 heterocycles. The van der Waals surface area contributed by atoms with Crippen molar-refractivity contribution in [3.8, 4) is 0 Å². The Kier molecular flexibility index (Phi) is 5.77. The Morgan fingerprint density at radius 3 is 2.38 bits per heavy atom. The lowest BCUT2D eigenvalue weighted by Gasteiger charge is -2.32. The normalized spacial score (nSPS) is 20.2. The zero-order valence-electron chi connectivity index (χ0n) is 11.5. The van der Waals surface area contributed by atoms with Gasteiger partial charge in [-0.3, -0.25) is 0 Å². The molecule has 0 amide bonds. The fourth-order valence-electron chi connectivity index (χ4n) is 2.67. The molecule has 0 aliphatic carbocycles. The average Bonchev–Trinajstić information content (AvgIpc) is 2.19. The highest BCUT2D eigenvalue weighted by molar-refractivity contribution is 4.75. The van der Waals surface area contributed by atoms with E-state index >= 15 is 0 Å². The van der Waals surface area contributed by atoms with E-state index in [-0.39, 0.29) is 5.54 Å². The highest BCUT2D eigenvalue weighted by Gasteiger charge is 2.18. The van der Waals surface area contributed by atoms with Crippen molar-refractivity contribution in [1.82, 2.24) is 4.90 Å². The van der Waals surface area contributed by atoms with Gasteiger partial charge in [-0.2, -0.15) is 0 Å². The molecule has 2 nitrogen and oxygen atoms in total. The predicted octanol–water partition coefficient (Wildman–Crippen LogP) is 3.02. The highest BCUT2D eigenvalue weighted by Crippen LogP contribution is 2.22. The molecule has 0 aromatic rings. The first-order chi connectivity index (χ1) is 7.51. The van der Waals surface area contributed by atoms with Gasteiger partial charge in [0.25, 0.3) is 0 Å². The van der Waals surface area contributed by atoms with Crippen LogP contribution in [0.3, 0.4) is 0 Å². The van der Waals surface area contributed by atoms with Crippen LogP contribution in [0, 0.1) is 5.92 Å². The summed E-state index contributed by atoms with van der Waals surface area (Å²) in [5.74, 6) is 1.01. The molecule has 1 aliphatic rings. The molecule has 1 aliphatic heterocycles. The molecule has 1 rings (SSSR count). The first-order valence-electron chi connectivity index (χ1n) is 7.02. The van der Waals surface area contributed by atoms with Crippen LogP contribution in [0.4, 0.5) is 0 Å². The topological polar surface area (TPSA) is 29.3 Å². The van der Waals surface area contributed by atoms with Crippen LogP contribution in [-0.2, 0) is 0 Å². The van der Waals surface area contributed by atoms with Crippen molar-refractivity contribution in [2.75, 3.05) is 19.6 Å². The zero-order chi connectivity index (χ0) is 12.0. The summed E-state index contributed by atoms with van der Waals surface area (Å²) in [6.07, 6.45) is 8.01. The van der Waals surface area contributed by atoms with Crippen LogP contribution in [0.2, 0.25) is 0 Å². The lowest BCUT2D eigenvalue weighted by atomic mass is 9.92. The van der Waals surface area contributed by atoms with Gasteiger partial charge in [0.15, 0.2) is 0 Å². The van der Waals surface area contributed by atoms with E-state index in [0.717, 1.165) is 12.3 Å². The lowest BCUT2D eigenvalue weighted by molar-refractivity contribution is 0.173. The minimum atomic E-state index is 0.0144. The minimum Gasteiger partial charge on any atom is -0.326 e. The second-order valence-corrected chi connectivity index (χ2v) is 6.17. The number of rotatable bonds is 6. The molecule has 96 valence electrons. The summed E-state index contributed by atoms with van der Waals surface area (Å²) < 4.78 is 0. The molecule has 2 heteroatoms. The van der Waals surface area contributed by atoms with Crippen molar-refractivity contribution < 1.29 is 0 Å². The van der Waals surface area contributed by atoms with E-state index in [9.17, 15) is 0 Å². The third-order valence-electron chi connectivity index (χ3n) is 3.70. The first-order valence-corrected chi connectivity index (χ1v) is 7.02. The second kappa shape index (κ2) is 6.61. The van der Waals surface area contributed by atoms with Crippen molar-refractivity contribution in [2.24, 2.45) is 11.7 Å². The van der Waals surface area contributed by atoms with Gasteiger partial charge in [-0.05, 0) is 65.1 Å². The Bertz CT molecular complexity index is 176.